The fraction of sp³-hybridized carbons (Fsp3) is 0.650. The molecule has 0 radical (unpaired) electrons. The molecule has 3 heterocycles. The third-order valence-corrected chi connectivity index (χ3v) is 5.96. The molecule has 2 saturated heterocycles. The molecule has 2 fully saturated rings. The van der Waals surface area contributed by atoms with Crippen LogP contribution in [0.2, 0.25) is 0 Å². The molecule has 0 aliphatic carbocycles. The van der Waals surface area contributed by atoms with Crippen LogP contribution in [0.4, 0.5) is 0 Å². The van der Waals surface area contributed by atoms with Crippen molar-refractivity contribution in [3.63, 3.8) is 0 Å². The fourth-order valence-corrected chi connectivity index (χ4v) is 4.57. The Morgan fingerprint density at radius 1 is 1.12 bits per heavy atom. The van der Waals surface area contributed by atoms with Crippen molar-refractivity contribution in [2.45, 2.75) is 25.8 Å². The van der Waals surface area contributed by atoms with E-state index in [1.165, 1.54) is 24.8 Å². The number of likely N-dealkylation sites (N-methyl/N-ethyl adjacent to an activating group) is 1. The number of benzene rings is 1. The van der Waals surface area contributed by atoms with E-state index < -0.39 is 0 Å². The van der Waals surface area contributed by atoms with Crippen LogP contribution in [-0.4, -0.2) is 74.2 Å². The molecule has 6 heteroatoms. The highest BCUT2D eigenvalue weighted by atomic mass is 16.7. The van der Waals surface area contributed by atoms with Crippen LogP contribution in [0, 0.1) is 5.41 Å². The summed E-state index contributed by atoms with van der Waals surface area (Å²) in [5, 5.41) is 0. The van der Waals surface area contributed by atoms with Crippen LogP contribution in [0.3, 0.4) is 0 Å². The van der Waals surface area contributed by atoms with E-state index in [1.807, 2.05) is 20.2 Å². The van der Waals surface area contributed by atoms with Crippen molar-refractivity contribution in [3.8, 4) is 11.5 Å². The van der Waals surface area contributed by atoms with E-state index in [0.29, 0.717) is 18.8 Å². The molecule has 6 nitrogen and oxygen atoms in total. The van der Waals surface area contributed by atoms with Crippen molar-refractivity contribution in [3.05, 3.63) is 23.8 Å². The first kappa shape index (κ1) is 17.6. The summed E-state index contributed by atoms with van der Waals surface area (Å²) in [5.41, 5.74) is 1.63. The maximum absolute atomic E-state index is 12.1. The van der Waals surface area contributed by atoms with Crippen molar-refractivity contribution >= 4 is 5.91 Å². The summed E-state index contributed by atoms with van der Waals surface area (Å²) in [6, 6.07) is 6.26. The van der Waals surface area contributed by atoms with Gasteiger partial charge in [0.1, 0.15) is 0 Å². The SMILES string of the molecule is CN(C)C(=O)CN1CCC[C@]2(CCN(Cc3ccc4c(c3)OCO4)C2)C1. The summed E-state index contributed by atoms with van der Waals surface area (Å²) in [4.78, 5) is 18.7. The van der Waals surface area contributed by atoms with Gasteiger partial charge in [-0.3, -0.25) is 14.6 Å². The number of hydrogen-bond acceptors (Lipinski definition) is 5. The molecular weight excluding hydrogens is 330 g/mol. The second-order valence-electron chi connectivity index (χ2n) is 8.25. The van der Waals surface area contributed by atoms with Crippen molar-refractivity contribution in [2.75, 3.05) is 53.6 Å². The smallest absolute Gasteiger partial charge is 0.236 e. The number of piperidine rings is 1. The van der Waals surface area contributed by atoms with Crippen molar-refractivity contribution in [2.24, 2.45) is 5.41 Å². The van der Waals surface area contributed by atoms with Gasteiger partial charge in [0.2, 0.25) is 12.7 Å². The van der Waals surface area contributed by atoms with E-state index in [2.05, 4.69) is 21.9 Å². The first-order valence-corrected chi connectivity index (χ1v) is 9.56. The van der Waals surface area contributed by atoms with Gasteiger partial charge < -0.3 is 14.4 Å². The topological polar surface area (TPSA) is 45.3 Å². The van der Waals surface area contributed by atoms with Gasteiger partial charge in [-0.2, -0.15) is 0 Å². The Balaban J connectivity index is 1.35. The average molecular weight is 359 g/mol. The zero-order chi connectivity index (χ0) is 18.1. The lowest BCUT2D eigenvalue weighted by atomic mass is 9.79. The van der Waals surface area contributed by atoms with Gasteiger partial charge in [-0.05, 0) is 55.5 Å². The first-order valence-electron chi connectivity index (χ1n) is 9.56. The Morgan fingerprint density at radius 3 is 2.77 bits per heavy atom. The number of amides is 1. The predicted molar refractivity (Wildman–Crippen MR) is 99.3 cm³/mol. The van der Waals surface area contributed by atoms with Crippen LogP contribution >= 0.6 is 0 Å². The van der Waals surface area contributed by atoms with Gasteiger partial charge in [0.15, 0.2) is 11.5 Å². The van der Waals surface area contributed by atoms with Crippen molar-refractivity contribution in [1.29, 1.82) is 0 Å². The summed E-state index contributed by atoms with van der Waals surface area (Å²) < 4.78 is 10.9. The largest absolute Gasteiger partial charge is 0.454 e. The maximum Gasteiger partial charge on any atom is 0.236 e. The molecule has 0 bridgehead atoms. The van der Waals surface area contributed by atoms with E-state index in [1.54, 1.807) is 4.90 Å². The third-order valence-electron chi connectivity index (χ3n) is 5.96. The molecular formula is C20H29N3O3. The van der Waals surface area contributed by atoms with E-state index in [4.69, 9.17) is 9.47 Å². The molecule has 4 rings (SSSR count). The molecule has 0 N–H and O–H groups in total. The highest BCUT2D eigenvalue weighted by molar-refractivity contribution is 5.77. The first-order chi connectivity index (χ1) is 12.5. The van der Waals surface area contributed by atoms with Crippen LogP contribution < -0.4 is 9.47 Å². The third kappa shape index (κ3) is 3.67. The molecule has 3 aliphatic rings. The standard InChI is InChI=1S/C20H29N3O3/c1-21(2)19(24)12-22-8-3-6-20(13-22)7-9-23(14-20)11-16-4-5-17-18(10-16)26-15-25-17/h4-5,10H,3,6-9,11-15H2,1-2H3/t20-/m0/s1. The number of hydrogen-bond donors (Lipinski definition) is 0. The van der Waals surface area contributed by atoms with E-state index in [-0.39, 0.29) is 5.91 Å². The zero-order valence-corrected chi connectivity index (χ0v) is 15.9. The van der Waals surface area contributed by atoms with Gasteiger partial charge in [0.25, 0.3) is 0 Å². The monoisotopic (exact) mass is 359 g/mol. The summed E-state index contributed by atoms with van der Waals surface area (Å²) in [7, 11) is 3.68. The quantitative estimate of drug-likeness (QED) is 0.820. The molecule has 3 aliphatic heterocycles. The number of likely N-dealkylation sites (tertiary alicyclic amines) is 2. The minimum Gasteiger partial charge on any atom is -0.454 e. The van der Waals surface area contributed by atoms with E-state index in [9.17, 15) is 4.79 Å². The predicted octanol–water partition coefficient (Wildman–Crippen LogP) is 1.79. The highest BCUT2D eigenvalue weighted by Gasteiger charge is 2.41. The van der Waals surface area contributed by atoms with Crippen LogP contribution in [-0.2, 0) is 11.3 Å². The van der Waals surface area contributed by atoms with Crippen LogP contribution in [0.5, 0.6) is 11.5 Å². The number of carbonyl (C=O) groups is 1. The van der Waals surface area contributed by atoms with Crippen molar-refractivity contribution in [1.82, 2.24) is 14.7 Å². The summed E-state index contributed by atoms with van der Waals surface area (Å²) in [6.07, 6.45) is 3.69. The Hall–Kier alpha value is -1.79. The molecule has 0 saturated carbocycles. The second-order valence-corrected chi connectivity index (χ2v) is 8.25. The zero-order valence-electron chi connectivity index (χ0n) is 15.9. The van der Waals surface area contributed by atoms with Crippen molar-refractivity contribution < 1.29 is 14.3 Å². The minimum absolute atomic E-state index is 0.206. The summed E-state index contributed by atoms with van der Waals surface area (Å²) in [6.45, 7) is 6.17. The van der Waals surface area contributed by atoms with Gasteiger partial charge in [-0.25, -0.2) is 0 Å². The molecule has 1 aromatic carbocycles. The van der Waals surface area contributed by atoms with Gasteiger partial charge in [-0.15, -0.1) is 0 Å². The Bertz CT molecular complexity index is 678. The van der Waals surface area contributed by atoms with E-state index in [0.717, 1.165) is 44.2 Å². The second kappa shape index (κ2) is 7.08. The van der Waals surface area contributed by atoms with Crippen LogP contribution in [0.15, 0.2) is 18.2 Å². The number of fused-ring (bicyclic) bond motifs is 1. The Kier molecular flexibility index (Phi) is 4.80. The average Bonchev–Trinajstić information content (AvgIpc) is 3.22. The highest BCUT2D eigenvalue weighted by Crippen LogP contribution is 2.40. The lowest BCUT2D eigenvalue weighted by molar-refractivity contribution is -0.130. The van der Waals surface area contributed by atoms with Gasteiger partial charge in [-0.1, -0.05) is 6.07 Å². The normalized spacial score (nSPS) is 25.8. The fourth-order valence-electron chi connectivity index (χ4n) is 4.57. The molecule has 1 amide bonds. The molecule has 1 spiro atoms. The Labute approximate surface area is 155 Å². The number of nitrogens with zero attached hydrogens (tertiary/aromatic N) is 3. The number of carbonyl (C=O) groups excluding carboxylic acids is 1. The summed E-state index contributed by atoms with van der Waals surface area (Å²) >= 11 is 0. The molecule has 0 aromatic heterocycles. The van der Waals surface area contributed by atoms with Gasteiger partial charge >= 0.3 is 0 Å². The van der Waals surface area contributed by atoms with E-state index >= 15 is 0 Å². The van der Waals surface area contributed by atoms with Crippen LogP contribution in [0.25, 0.3) is 0 Å². The maximum atomic E-state index is 12.1. The molecule has 1 aromatic rings. The Morgan fingerprint density at radius 2 is 1.92 bits per heavy atom. The molecule has 26 heavy (non-hydrogen) atoms. The lowest BCUT2D eigenvalue weighted by Crippen LogP contribution is -2.48. The molecule has 142 valence electrons. The molecule has 1 atom stereocenters. The van der Waals surface area contributed by atoms with Gasteiger partial charge in [0.05, 0.1) is 6.54 Å². The van der Waals surface area contributed by atoms with Crippen LogP contribution in [0.1, 0.15) is 24.8 Å². The number of ether oxygens (including phenoxy) is 2. The summed E-state index contributed by atoms with van der Waals surface area (Å²) in [5.74, 6) is 1.92. The minimum atomic E-state index is 0.206. The van der Waals surface area contributed by atoms with Gasteiger partial charge in [0, 0.05) is 33.7 Å². The number of rotatable bonds is 4. The lowest BCUT2D eigenvalue weighted by Gasteiger charge is -2.40. The molecule has 0 unspecified atom stereocenters.